The number of rotatable bonds is 9. The second kappa shape index (κ2) is 10.2. The van der Waals surface area contributed by atoms with Gasteiger partial charge in [-0.2, -0.15) is 5.10 Å². The molecular weight excluding hydrogens is 462 g/mol. The third-order valence-electron chi connectivity index (χ3n) is 6.31. The van der Waals surface area contributed by atoms with Crippen LogP contribution in [0.3, 0.4) is 0 Å². The Bertz CT molecular complexity index is 978. The predicted molar refractivity (Wildman–Crippen MR) is 123 cm³/mol. The molecule has 6 nitrogen and oxygen atoms in total. The van der Waals surface area contributed by atoms with Crippen LogP contribution in [0.25, 0.3) is 0 Å². The minimum atomic E-state index is -3.44. The number of fused-ring (bicyclic) bond motifs is 1. The quantitative estimate of drug-likeness (QED) is 0.563. The van der Waals surface area contributed by atoms with Crippen molar-refractivity contribution in [3.05, 3.63) is 52.3 Å². The molecule has 1 unspecified atom stereocenters. The maximum Gasteiger partial charge on any atom is 0.211 e. The zero-order chi connectivity index (χ0) is 21.2. The zero-order valence-corrected chi connectivity index (χ0v) is 19.7. The largest absolute Gasteiger partial charge is 0.307 e. The summed E-state index contributed by atoms with van der Waals surface area (Å²) < 4.78 is 40.3. The van der Waals surface area contributed by atoms with Crippen LogP contribution in [-0.4, -0.2) is 43.7 Å². The van der Waals surface area contributed by atoms with Crippen molar-refractivity contribution in [3.63, 3.8) is 0 Å². The van der Waals surface area contributed by atoms with E-state index in [0.29, 0.717) is 6.54 Å². The minimum Gasteiger partial charge on any atom is -0.307 e. The van der Waals surface area contributed by atoms with Crippen molar-refractivity contribution in [2.45, 2.75) is 50.1 Å². The first-order chi connectivity index (χ1) is 14.4. The van der Waals surface area contributed by atoms with Gasteiger partial charge >= 0.3 is 0 Å². The number of alkyl halides is 1. The second-order valence-corrected chi connectivity index (χ2v) is 10.6. The van der Waals surface area contributed by atoms with Crippen molar-refractivity contribution >= 4 is 34.0 Å². The highest BCUT2D eigenvalue weighted by atomic mass is 35.5. The lowest BCUT2D eigenvalue weighted by atomic mass is 9.58. The topological polar surface area (TPSA) is 76.0 Å². The van der Waals surface area contributed by atoms with Crippen molar-refractivity contribution in [3.8, 4) is 0 Å². The molecule has 1 atom stereocenters. The monoisotopic (exact) mass is 490 g/mol. The molecule has 1 aromatic carbocycles. The molecule has 2 heterocycles. The molecule has 0 amide bonds. The van der Waals surface area contributed by atoms with Crippen molar-refractivity contribution in [1.29, 1.82) is 0 Å². The molecule has 1 saturated carbocycles. The van der Waals surface area contributed by atoms with Crippen LogP contribution < -0.4 is 10.0 Å². The molecule has 0 radical (unpaired) electrons. The van der Waals surface area contributed by atoms with E-state index in [4.69, 9.17) is 16.7 Å². The Balaban J connectivity index is 0.00000272. The Morgan fingerprint density at radius 3 is 2.68 bits per heavy atom. The SMILES string of the molecule is Cl.O=S(=O)(CCCF)NCCn1cc2c(n1)C(C1(c3ccc(Cl)cc3)CCC1)NCC2. The van der Waals surface area contributed by atoms with Crippen molar-refractivity contribution in [1.82, 2.24) is 19.8 Å². The Morgan fingerprint density at radius 1 is 1.29 bits per heavy atom. The highest BCUT2D eigenvalue weighted by molar-refractivity contribution is 7.89. The van der Waals surface area contributed by atoms with E-state index in [1.165, 1.54) is 17.5 Å². The van der Waals surface area contributed by atoms with E-state index in [1.54, 1.807) is 0 Å². The molecule has 10 heteroatoms. The van der Waals surface area contributed by atoms with Gasteiger partial charge in [0.05, 0.1) is 30.7 Å². The standard InChI is InChI=1S/C21H28ClFN4O2S.ClH/c22-18-5-3-17(4-6-18)21(8-1-9-21)20-19-16(7-11-24-20)15-27(26-19)13-12-25-30(28,29)14-2-10-23;/h3-6,15,20,24-25H,1-2,7-14H2;1H. The summed E-state index contributed by atoms with van der Waals surface area (Å²) in [5.41, 5.74) is 3.60. The van der Waals surface area contributed by atoms with Gasteiger partial charge in [-0.25, -0.2) is 13.1 Å². The van der Waals surface area contributed by atoms with Crippen LogP contribution in [0.5, 0.6) is 0 Å². The van der Waals surface area contributed by atoms with Gasteiger partial charge in [0.2, 0.25) is 10.0 Å². The van der Waals surface area contributed by atoms with E-state index in [9.17, 15) is 12.8 Å². The fourth-order valence-electron chi connectivity index (χ4n) is 4.65. The lowest BCUT2D eigenvalue weighted by molar-refractivity contribution is 0.161. The number of nitrogens with one attached hydrogen (secondary N) is 2. The van der Waals surface area contributed by atoms with E-state index in [-0.39, 0.29) is 42.6 Å². The first-order valence-corrected chi connectivity index (χ1v) is 12.6. The lowest BCUT2D eigenvalue weighted by Crippen LogP contribution is -2.49. The summed E-state index contributed by atoms with van der Waals surface area (Å²) in [4.78, 5) is 0. The molecule has 0 spiro atoms. The molecule has 172 valence electrons. The number of hydrogen-bond acceptors (Lipinski definition) is 4. The van der Waals surface area contributed by atoms with Gasteiger partial charge in [-0.3, -0.25) is 9.07 Å². The highest BCUT2D eigenvalue weighted by Crippen LogP contribution is 2.53. The molecule has 0 bridgehead atoms. The van der Waals surface area contributed by atoms with E-state index >= 15 is 0 Å². The molecule has 1 aliphatic carbocycles. The van der Waals surface area contributed by atoms with E-state index in [2.05, 4.69) is 22.2 Å². The summed E-state index contributed by atoms with van der Waals surface area (Å²) in [6.45, 7) is 0.962. The van der Waals surface area contributed by atoms with E-state index < -0.39 is 16.7 Å². The number of sulfonamides is 1. The molecule has 4 rings (SSSR count). The van der Waals surface area contributed by atoms with E-state index in [0.717, 1.165) is 36.5 Å². The van der Waals surface area contributed by atoms with Gasteiger partial charge in [0, 0.05) is 23.2 Å². The summed E-state index contributed by atoms with van der Waals surface area (Å²) in [7, 11) is -3.44. The molecular formula is C21H29Cl2FN4O2S. The third-order valence-corrected chi connectivity index (χ3v) is 8.04. The van der Waals surface area contributed by atoms with Gasteiger partial charge in [-0.1, -0.05) is 30.2 Å². The predicted octanol–water partition coefficient (Wildman–Crippen LogP) is 3.55. The van der Waals surface area contributed by atoms with E-state index in [1.807, 2.05) is 23.0 Å². The molecule has 31 heavy (non-hydrogen) atoms. The zero-order valence-electron chi connectivity index (χ0n) is 17.3. The summed E-state index contributed by atoms with van der Waals surface area (Å²) in [5, 5.41) is 9.27. The fourth-order valence-corrected chi connectivity index (χ4v) is 5.81. The minimum absolute atomic E-state index is 0. The Morgan fingerprint density at radius 2 is 2.03 bits per heavy atom. The molecule has 1 fully saturated rings. The molecule has 2 N–H and O–H groups in total. The Labute approximate surface area is 194 Å². The van der Waals surface area contributed by atoms with Crippen LogP contribution in [0.4, 0.5) is 4.39 Å². The first-order valence-electron chi connectivity index (χ1n) is 10.5. The third kappa shape index (κ3) is 5.25. The van der Waals surface area contributed by atoms with Gasteiger partial charge in [-0.05, 0) is 55.5 Å². The fraction of sp³-hybridized carbons (Fsp3) is 0.571. The van der Waals surface area contributed by atoms with Gasteiger partial charge < -0.3 is 5.32 Å². The number of benzene rings is 1. The van der Waals surface area contributed by atoms with Crippen molar-refractivity contribution < 1.29 is 12.8 Å². The Kier molecular flexibility index (Phi) is 8.02. The van der Waals surface area contributed by atoms with Gasteiger partial charge in [-0.15, -0.1) is 12.4 Å². The molecule has 1 aliphatic heterocycles. The highest BCUT2D eigenvalue weighted by Gasteiger charge is 2.48. The number of halogens is 3. The van der Waals surface area contributed by atoms with Crippen LogP contribution in [0, 0.1) is 0 Å². The molecule has 2 aliphatic rings. The number of hydrogen-bond donors (Lipinski definition) is 2. The summed E-state index contributed by atoms with van der Waals surface area (Å²) >= 11 is 6.10. The lowest BCUT2D eigenvalue weighted by Gasteiger charge is -2.49. The van der Waals surface area contributed by atoms with Gasteiger partial charge in [0.1, 0.15) is 0 Å². The summed E-state index contributed by atoms with van der Waals surface area (Å²) in [6.07, 6.45) is 6.36. The van der Waals surface area contributed by atoms with Gasteiger partial charge in [0.25, 0.3) is 0 Å². The average molecular weight is 491 g/mol. The van der Waals surface area contributed by atoms with Crippen molar-refractivity contribution in [2.75, 3.05) is 25.5 Å². The van der Waals surface area contributed by atoms with Crippen molar-refractivity contribution in [2.24, 2.45) is 0 Å². The maximum absolute atomic E-state index is 12.2. The Hall–Kier alpha value is -1.19. The molecule has 0 saturated heterocycles. The maximum atomic E-state index is 12.2. The first kappa shape index (κ1) is 24.5. The smallest absolute Gasteiger partial charge is 0.211 e. The number of aromatic nitrogens is 2. The second-order valence-electron chi connectivity index (χ2n) is 8.21. The average Bonchev–Trinajstić information content (AvgIpc) is 3.10. The van der Waals surface area contributed by atoms with Crippen LogP contribution in [0.2, 0.25) is 5.02 Å². The van der Waals surface area contributed by atoms with Crippen LogP contribution >= 0.6 is 24.0 Å². The summed E-state index contributed by atoms with van der Waals surface area (Å²) in [6, 6.07) is 8.29. The molecule has 1 aromatic heterocycles. The van der Waals surface area contributed by atoms with Crippen LogP contribution in [0.1, 0.15) is 48.5 Å². The van der Waals surface area contributed by atoms with Crippen LogP contribution in [-0.2, 0) is 28.4 Å². The molecule has 2 aromatic rings. The normalized spacial score (nSPS) is 19.9. The summed E-state index contributed by atoms with van der Waals surface area (Å²) in [5.74, 6) is -0.186. The van der Waals surface area contributed by atoms with Crippen LogP contribution in [0.15, 0.2) is 30.5 Å². The van der Waals surface area contributed by atoms with Gasteiger partial charge in [0.15, 0.2) is 0 Å². The number of nitrogens with zero attached hydrogens (tertiary/aromatic N) is 2.